The van der Waals surface area contributed by atoms with Gasteiger partial charge < -0.3 is 5.73 Å². The Kier molecular flexibility index (Phi) is 4.73. The van der Waals surface area contributed by atoms with Crippen molar-refractivity contribution in [2.75, 3.05) is 0 Å². The van der Waals surface area contributed by atoms with Crippen molar-refractivity contribution in [3.05, 3.63) is 33.4 Å². The molecule has 82 valence electrons. The molecule has 0 spiro atoms. The first-order chi connectivity index (χ1) is 7.00. The van der Waals surface area contributed by atoms with Crippen LogP contribution in [0.25, 0.3) is 0 Å². The zero-order valence-corrected chi connectivity index (χ0v) is 11.2. The summed E-state index contributed by atoms with van der Waals surface area (Å²) in [6, 6.07) is 7.74. The van der Waals surface area contributed by atoms with Crippen molar-refractivity contribution >= 4 is 28.4 Å². The van der Waals surface area contributed by atoms with Gasteiger partial charge in [-0.25, -0.2) is 0 Å². The molecule has 0 aromatic heterocycles. The minimum atomic E-state index is -0.370. The zero-order valence-electron chi connectivity index (χ0n) is 9.03. The molecule has 0 aliphatic rings. The number of rotatable bonds is 4. The van der Waals surface area contributed by atoms with Crippen molar-refractivity contribution in [2.24, 2.45) is 11.7 Å². The van der Waals surface area contributed by atoms with Gasteiger partial charge in [-0.2, -0.15) is 0 Å². The monoisotopic (exact) mass is 317 g/mol. The number of halogens is 1. The largest absolute Gasteiger partial charge is 0.321 e. The Balaban J connectivity index is 2.62. The summed E-state index contributed by atoms with van der Waals surface area (Å²) in [6.07, 6.45) is 0.633. The van der Waals surface area contributed by atoms with Gasteiger partial charge in [-0.05, 0) is 46.7 Å². The third-order valence-electron chi connectivity index (χ3n) is 2.30. The molecule has 2 N–H and O–H groups in total. The summed E-state index contributed by atoms with van der Waals surface area (Å²) in [5, 5.41) is 0. The molecule has 0 aliphatic carbocycles. The minimum Gasteiger partial charge on any atom is -0.321 e. The van der Waals surface area contributed by atoms with Crippen molar-refractivity contribution in [1.29, 1.82) is 0 Å². The van der Waals surface area contributed by atoms with Crippen LogP contribution in [0.5, 0.6) is 0 Å². The molecule has 0 radical (unpaired) electrons. The number of hydrogen-bond acceptors (Lipinski definition) is 2. The van der Waals surface area contributed by atoms with Crippen molar-refractivity contribution in [1.82, 2.24) is 0 Å². The maximum atomic E-state index is 11.6. The van der Waals surface area contributed by atoms with Gasteiger partial charge in [-0.15, -0.1) is 0 Å². The molecule has 0 bridgehead atoms. The van der Waals surface area contributed by atoms with Gasteiger partial charge in [0.15, 0.2) is 5.78 Å². The lowest BCUT2D eigenvalue weighted by Gasteiger charge is -2.12. The second-order valence-corrected chi connectivity index (χ2v) is 5.24. The molecule has 0 unspecified atom stereocenters. The first-order valence-corrected chi connectivity index (χ1v) is 6.12. The molecule has 0 saturated carbocycles. The van der Waals surface area contributed by atoms with Gasteiger partial charge >= 0.3 is 0 Å². The molecule has 3 heteroatoms. The van der Waals surface area contributed by atoms with Crippen LogP contribution >= 0.6 is 22.6 Å². The van der Waals surface area contributed by atoms with Gasteiger partial charge in [0.1, 0.15) is 0 Å². The normalized spacial score (nSPS) is 12.9. The summed E-state index contributed by atoms with van der Waals surface area (Å²) < 4.78 is 1.19. The molecular formula is C12H16INO. The molecule has 15 heavy (non-hydrogen) atoms. The maximum Gasteiger partial charge on any atom is 0.152 e. The van der Waals surface area contributed by atoms with Crippen LogP contribution in [-0.2, 0) is 11.2 Å². The van der Waals surface area contributed by atoms with Crippen LogP contribution in [0.15, 0.2) is 24.3 Å². The Morgan fingerprint density at radius 3 is 2.33 bits per heavy atom. The summed E-state index contributed by atoms with van der Waals surface area (Å²) in [4.78, 5) is 11.6. The fourth-order valence-electron chi connectivity index (χ4n) is 1.40. The topological polar surface area (TPSA) is 43.1 Å². The number of ketones is 1. The molecule has 1 aromatic carbocycles. The summed E-state index contributed by atoms with van der Waals surface area (Å²) >= 11 is 2.26. The first kappa shape index (κ1) is 12.6. The van der Waals surface area contributed by atoms with Crippen LogP contribution < -0.4 is 5.73 Å². The highest BCUT2D eigenvalue weighted by atomic mass is 127. The molecular weight excluding hydrogens is 301 g/mol. The van der Waals surface area contributed by atoms with Crippen LogP contribution in [-0.4, -0.2) is 11.8 Å². The second-order valence-electron chi connectivity index (χ2n) is 3.99. The molecule has 1 rings (SSSR count). The van der Waals surface area contributed by atoms with E-state index in [1.807, 2.05) is 38.1 Å². The predicted molar refractivity (Wildman–Crippen MR) is 70.7 cm³/mol. The van der Waals surface area contributed by atoms with E-state index in [-0.39, 0.29) is 17.7 Å². The lowest BCUT2D eigenvalue weighted by atomic mass is 9.97. The standard InChI is InChI=1S/C12H16INO/c1-8(2)12(15)11(14)7-9-3-5-10(13)6-4-9/h3-6,8,11H,7,14H2,1-2H3/t11-/m0/s1. The van der Waals surface area contributed by atoms with Gasteiger partial charge in [0.2, 0.25) is 0 Å². The average Bonchev–Trinajstić information content (AvgIpc) is 2.20. The Morgan fingerprint density at radius 1 is 1.33 bits per heavy atom. The molecule has 1 atom stereocenters. The maximum absolute atomic E-state index is 11.6. The van der Waals surface area contributed by atoms with Crippen LogP contribution in [0.3, 0.4) is 0 Å². The van der Waals surface area contributed by atoms with Crippen LogP contribution in [0.1, 0.15) is 19.4 Å². The fraction of sp³-hybridized carbons (Fsp3) is 0.417. The summed E-state index contributed by atoms with van der Waals surface area (Å²) in [7, 11) is 0. The van der Waals surface area contributed by atoms with Crippen molar-refractivity contribution in [3.63, 3.8) is 0 Å². The van der Waals surface area contributed by atoms with Crippen LogP contribution in [0.2, 0.25) is 0 Å². The van der Waals surface area contributed by atoms with Gasteiger partial charge in [-0.1, -0.05) is 26.0 Å². The second kappa shape index (κ2) is 5.61. The molecule has 2 nitrogen and oxygen atoms in total. The lowest BCUT2D eigenvalue weighted by molar-refractivity contribution is -0.123. The van der Waals surface area contributed by atoms with E-state index in [4.69, 9.17) is 5.73 Å². The quantitative estimate of drug-likeness (QED) is 0.867. The summed E-state index contributed by atoms with van der Waals surface area (Å²) in [5.41, 5.74) is 6.96. The number of nitrogens with two attached hydrogens (primary N) is 1. The van der Waals surface area contributed by atoms with Crippen LogP contribution in [0.4, 0.5) is 0 Å². The molecule has 0 fully saturated rings. The van der Waals surface area contributed by atoms with Gasteiger partial charge in [0.25, 0.3) is 0 Å². The number of benzene rings is 1. The van der Waals surface area contributed by atoms with Crippen molar-refractivity contribution in [3.8, 4) is 0 Å². The molecule has 1 aromatic rings. The zero-order chi connectivity index (χ0) is 11.4. The molecule has 0 aliphatic heterocycles. The van der Waals surface area contributed by atoms with Gasteiger partial charge in [-0.3, -0.25) is 4.79 Å². The van der Waals surface area contributed by atoms with Gasteiger partial charge in [0, 0.05) is 9.49 Å². The number of hydrogen-bond donors (Lipinski definition) is 1. The Hall–Kier alpha value is -0.420. The molecule has 0 amide bonds. The summed E-state index contributed by atoms with van der Waals surface area (Å²) in [6.45, 7) is 3.77. The highest BCUT2D eigenvalue weighted by molar-refractivity contribution is 14.1. The van der Waals surface area contributed by atoms with E-state index in [1.165, 1.54) is 3.57 Å². The average molecular weight is 317 g/mol. The lowest BCUT2D eigenvalue weighted by Crippen LogP contribution is -2.35. The highest BCUT2D eigenvalue weighted by Gasteiger charge is 2.16. The number of carbonyl (C=O) groups excluding carboxylic acids is 1. The van der Waals surface area contributed by atoms with E-state index < -0.39 is 0 Å². The first-order valence-electron chi connectivity index (χ1n) is 5.04. The number of carbonyl (C=O) groups is 1. The van der Waals surface area contributed by atoms with E-state index in [2.05, 4.69) is 22.6 Å². The Labute approximate surface area is 104 Å². The van der Waals surface area contributed by atoms with E-state index in [0.29, 0.717) is 6.42 Å². The Bertz CT molecular complexity index is 332. The molecule has 0 saturated heterocycles. The highest BCUT2D eigenvalue weighted by Crippen LogP contribution is 2.10. The van der Waals surface area contributed by atoms with E-state index in [1.54, 1.807) is 0 Å². The van der Waals surface area contributed by atoms with E-state index >= 15 is 0 Å². The predicted octanol–water partition coefficient (Wildman–Crippen LogP) is 2.39. The smallest absolute Gasteiger partial charge is 0.152 e. The number of Topliss-reactive ketones (excluding diaryl/α,β-unsaturated/α-hetero) is 1. The third kappa shape index (κ3) is 3.91. The van der Waals surface area contributed by atoms with Crippen LogP contribution in [0, 0.1) is 9.49 Å². The Morgan fingerprint density at radius 2 is 1.87 bits per heavy atom. The van der Waals surface area contributed by atoms with Crippen molar-refractivity contribution in [2.45, 2.75) is 26.3 Å². The fourth-order valence-corrected chi connectivity index (χ4v) is 1.76. The van der Waals surface area contributed by atoms with Gasteiger partial charge in [0.05, 0.1) is 6.04 Å². The minimum absolute atomic E-state index is 0.0175. The summed E-state index contributed by atoms with van der Waals surface area (Å²) in [5.74, 6) is 0.150. The molecule has 0 heterocycles. The SMILES string of the molecule is CC(C)C(=O)[C@@H](N)Cc1ccc(I)cc1. The van der Waals surface area contributed by atoms with E-state index in [0.717, 1.165) is 5.56 Å². The van der Waals surface area contributed by atoms with Crippen molar-refractivity contribution < 1.29 is 4.79 Å². The third-order valence-corrected chi connectivity index (χ3v) is 3.02. The van der Waals surface area contributed by atoms with E-state index in [9.17, 15) is 4.79 Å².